The summed E-state index contributed by atoms with van der Waals surface area (Å²) in [6.07, 6.45) is 0. The molecule has 4 rings (SSSR count). The third kappa shape index (κ3) is 4.19. The van der Waals surface area contributed by atoms with Crippen LogP contribution in [0.1, 0.15) is 54.0 Å². The molecular weight excluding hydrogens is 456 g/mol. The molecule has 9 heteroatoms. The van der Waals surface area contributed by atoms with Gasteiger partial charge in [0.25, 0.3) is 5.56 Å². The minimum atomic E-state index is -0.382. The summed E-state index contributed by atoms with van der Waals surface area (Å²) in [4.78, 5) is 33.8. The van der Waals surface area contributed by atoms with E-state index in [0.29, 0.717) is 35.4 Å². The van der Waals surface area contributed by atoms with Crippen LogP contribution in [0, 0.1) is 22.7 Å². The van der Waals surface area contributed by atoms with Gasteiger partial charge in [0.15, 0.2) is 0 Å². The number of nitrogens with zero attached hydrogens (tertiary/aromatic N) is 6. The highest BCUT2D eigenvalue weighted by Gasteiger charge is 2.35. The summed E-state index contributed by atoms with van der Waals surface area (Å²) in [6, 6.07) is 15.0. The molecule has 184 valence electrons. The quantitative estimate of drug-likeness (QED) is 0.519. The maximum atomic E-state index is 13.1. The number of carbonyl (C=O) groups is 1. The summed E-state index contributed by atoms with van der Waals surface area (Å²) < 4.78 is 6.21. The molecule has 0 aliphatic carbocycles. The van der Waals surface area contributed by atoms with Gasteiger partial charge in [-0.2, -0.15) is 10.5 Å². The zero-order valence-corrected chi connectivity index (χ0v) is 21.0. The number of carbonyl (C=O) groups excluding carboxylic acids is 1. The van der Waals surface area contributed by atoms with Crippen molar-refractivity contribution in [3.63, 3.8) is 0 Å². The zero-order valence-electron chi connectivity index (χ0n) is 21.0. The van der Waals surface area contributed by atoms with Crippen LogP contribution in [0.3, 0.4) is 0 Å². The minimum absolute atomic E-state index is 0.0338. The Morgan fingerprint density at radius 3 is 2.39 bits per heavy atom. The Hall–Kier alpha value is -4.21. The summed E-state index contributed by atoms with van der Waals surface area (Å²) in [5, 5.41) is 19.4. The third-order valence-corrected chi connectivity index (χ3v) is 7.07. The van der Waals surface area contributed by atoms with Crippen molar-refractivity contribution < 1.29 is 9.53 Å². The van der Waals surface area contributed by atoms with Crippen molar-refractivity contribution >= 4 is 22.7 Å². The highest BCUT2D eigenvalue weighted by Crippen LogP contribution is 2.34. The Morgan fingerprint density at radius 1 is 1.08 bits per heavy atom. The van der Waals surface area contributed by atoms with Crippen molar-refractivity contribution in [2.45, 2.75) is 38.9 Å². The second kappa shape index (κ2) is 9.80. The summed E-state index contributed by atoms with van der Waals surface area (Å²) in [6.45, 7) is 7.55. The molecule has 9 nitrogen and oxygen atoms in total. The molecular formula is C27H28N6O3. The van der Waals surface area contributed by atoms with E-state index in [1.807, 2.05) is 12.1 Å². The number of esters is 1. The number of piperazine rings is 1. The van der Waals surface area contributed by atoms with Gasteiger partial charge in [0.2, 0.25) is 0 Å². The number of aromatic nitrogens is 2. The lowest BCUT2D eigenvalue weighted by Gasteiger charge is -2.48. The number of nitriles is 2. The molecule has 1 aliphatic rings. The topological polar surface area (TPSA) is 115 Å². The minimum Gasteiger partial charge on any atom is -0.465 e. The first-order valence-electron chi connectivity index (χ1n) is 11.8. The van der Waals surface area contributed by atoms with Crippen LogP contribution in [0.25, 0.3) is 11.0 Å². The highest BCUT2D eigenvalue weighted by atomic mass is 16.5. The lowest BCUT2D eigenvalue weighted by atomic mass is 9.98. The summed E-state index contributed by atoms with van der Waals surface area (Å²) in [5.41, 5.74) is 3.01. The zero-order chi connectivity index (χ0) is 26.1. The largest absolute Gasteiger partial charge is 0.465 e. The van der Waals surface area contributed by atoms with Gasteiger partial charge in [0.05, 0.1) is 23.9 Å². The number of pyridine rings is 2. The second-order valence-corrected chi connectivity index (χ2v) is 9.21. The Morgan fingerprint density at radius 2 is 1.78 bits per heavy atom. The molecule has 2 aromatic heterocycles. The Bertz CT molecular complexity index is 1460. The molecule has 0 bridgehead atoms. The van der Waals surface area contributed by atoms with E-state index >= 15 is 0 Å². The van der Waals surface area contributed by atoms with Crippen LogP contribution in [0.5, 0.6) is 0 Å². The van der Waals surface area contributed by atoms with Crippen LogP contribution < -0.4 is 10.5 Å². The van der Waals surface area contributed by atoms with Gasteiger partial charge in [-0.3, -0.25) is 9.69 Å². The molecule has 1 aliphatic heterocycles. The summed E-state index contributed by atoms with van der Waals surface area (Å²) in [5.74, 6) is -0.368. The van der Waals surface area contributed by atoms with Gasteiger partial charge in [-0.1, -0.05) is 12.1 Å². The smallest absolute Gasteiger partial charge is 0.337 e. The first-order valence-corrected chi connectivity index (χ1v) is 11.8. The molecule has 36 heavy (non-hydrogen) atoms. The molecule has 0 amide bonds. The van der Waals surface area contributed by atoms with E-state index in [4.69, 9.17) is 4.74 Å². The SMILES string of the molecule is COC(=O)c1ccc(C(C)N2C[C@H](C)N(c3c(C#N)c(=O)n(C)c4ccc(C#N)nc34)C[C@H]2C)cc1. The van der Waals surface area contributed by atoms with Gasteiger partial charge in [-0.25, -0.2) is 9.78 Å². The maximum Gasteiger partial charge on any atom is 0.337 e. The van der Waals surface area contributed by atoms with E-state index in [2.05, 4.69) is 47.7 Å². The third-order valence-electron chi connectivity index (χ3n) is 7.07. The first-order chi connectivity index (χ1) is 17.2. The van der Waals surface area contributed by atoms with Crippen LogP contribution >= 0.6 is 0 Å². The van der Waals surface area contributed by atoms with Gasteiger partial charge in [-0.15, -0.1) is 0 Å². The number of hydrogen-bond acceptors (Lipinski definition) is 8. The van der Waals surface area contributed by atoms with Gasteiger partial charge in [-0.05, 0) is 50.6 Å². The van der Waals surface area contributed by atoms with Crippen molar-refractivity contribution in [2.75, 3.05) is 25.1 Å². The van der Waals surface area contributed by atoms with E-state index in [9.17, 15) is 20.1 Å². The van der Waals surface area contributed by atoms with Crippen LogP contribution in [0.4, 0.5) is 5.69 Å². The van der Waals surface area contributed by atoms with Crippen molar-refractivity contribution in [3.05, 3.63) is 69.1 Å². The van der Waals surface area contributed by atoms with Crippen molar-refractivity contribution in [1.82, 2.24) is 14.5 Å². The molecule has 0 spiro atoms. The number of anilines is 1. The Labute approximate surface area is 209 Å². The second-order valence-electron chi connectivity index (χ2n) is 9.21. The van der Waals surface area contributed by atoms with Gasteiger partial charge in [0.1, 0.15) is 28.9 Å². The van der Waals surface area contributed by atoms with Crippen molar-refractivity contribution in [2.24, 2.45) is 7.05 Å². The van der Waals surface area contributed by atoms with Crippen LogP contribution in [0.2, 0.25) is 0 Å². The van der Waals surface area contributed by atoms with Crippen LogP contribution in [0.15, 0.2) is 41.2 Å². The van der Waals surface area contributed by atoms with Crippen LogP contribution in [-0.2, 0) is 11.8 Å². The average molecular weight is 485 g/mol. The Balaban J connectivity index is 1.71. The fourth-order valence-corrected chi connectivity index (χ4v) is 5.05. The molecule has 1 unspecified atom stereocenters. The van der Waals surface area contributed by atoms with Gasteiger partial charge in [0, 0.05) is 38.3 Å². The lowest BCUT2D eigenvalue weighted by Crippen LogP contribution is -2.57. The predicted octanol–water partition coefficient (Wildman–Crippen LogP) is 3.12. The average Bonchev–Trinajstić information content (AvgIpc) is 2.90. The molecule has 1 saturated heterocycles. The van der Waals surface area contributed by atoms with E-state index < -0.39 is 0 Å². The monoisotopic (exact) mass is 484 g/mol. The Kier molecular flexibility index (Phi) is 6.78. The fourth-order valence-electron chi connectivity index (χ4n) is 5.05. The summed E-state index contributed by atoms with van der Waals surface area (Å²) in [7, 11) is 2.97. The molecule has 0 N–H and O–H groups in total. The molecule has 3 aromatic rings. The number of methoxy groups -OCH3 is 1. The van der Waals surface area contributed by atoms with Crippen molar-refractivity contribution in [1.29, 1.82) is 10.5 Å². The normalized spacial score (nSPS) is 18.9. The molecule has 1 fully saturated rings. The molecule has 3 atom stereocenters. The molecule has 0 saturated carbocycles. The van der Waals surface area contributed by atoms with Gasteiger partial charge < -0.3 is 14.2 Å². The van der Waals surface area contributed by atoms with Crippen molar-refractivity contribution in [3.8, 4) is 12.1 Å². The number of hydrogen-bond donors (Lipinski definition) is 0. The highest BCUT2D eigenvalue weighted by molar-refractivity contribution is 5.92. The number of fused-ring (bicyclic) bond motifs is 1. The maximum absolute atomic E-state index is 13.1. The predicted molar refractivity (Wildman–Crippen MR) is 136 cm³/mol. The molecule has 3 heterocycles. The first kappa shape index (κ1) is 24.9. The number of benzene rings is 1. The molecule has 1 aromatic carbocycles. The lowest BCUT2D eigenvalue weighted by molar-refractivity contribution is 0.0600. The molecule has 0 radical (unpaired) electrons. The number of aryl methyl sites for hydroxylation is 1. The van der Waals surface area contributed by atoms with E-state index in [1.165, 1.54) is 11.7 Å². The van der Waals surface area contributed by atoms with Crippen LogP contribution in [-0.4, -0.2) is 52.7 Å². The number of rotatable bonds is 4. The standard InChI is InChI=1S/C27H28N6O3/c1-16-15-33(17(2)14-32(16)18(3)19-6-8-20(9-7-19)27(35)36-5)25-22(13-29)26(34)31(4)23-11-10-21(12-28)30-24(23)25/h6-11,16-18H,14-15H2,1-5H3/t16-,17+,18?/m1/s1. The fraction of sp³-hybridized carbons (Fsp3) is 0.370. The number of ether oxygens (including phenoxy) is 1. The summed E-state index contributed by atoms with van der Waals surface area (Å²) >= 11 is 0. The van der Waals surface area contributed by atoms with Gasteiger partial charge >= 0.3 is 5.97 Å². The van der Waals surface area contributed by atoms with E-state index in [0.717, 1.165) is 5.56 Å². The van der Waals surface area contributed by atoms with E-state index in [1.54, 1.807) is 31.3 Å². The van der Waals surface area contributed by atoms with E-state index in [-0.39, 0.29) is 40.9 Å².